The van der Waals surface area contributed by atoms with E-state index < -0.39 is 0 Å². The zero-order valence-corrected chi connectivity index (χ0v) is 6.47. The lowest BCUT2D eigenvalue weighted by Gasteiger charge is -2.00. The molecule has 2 aliphatic rings. The van der Waals surface area contributed by atoms with Gasteiger partial charge in [-0.25, -0.2) is 4.98 Å². The summed E-state index contributed by atoms with van der Waals surface area (Å²) >= 11 is 3.85. The maximum atomic E-state index is 4.05. The Morgan fingerprint density at radius 3 is 3.18 bits per heavy atom. The third-order valence-corrected chi connectivity index (χ3v) is 1.62. The number of hydrogen-bond acceptors (Lipinski definition) is 4. The van der Waals surface area contributed by atoms with Gasteiger partial charge in [-0.3, -0.25) is 4.98 Å². The van der Waals surface area contributed by atoms with E-state index in [9.17, 15) is 0 Å². The van der Waals surface area contributed by atoms with Crippen molar-refractivity contribution < 1.29 is 0 Å². The first-order chi connectivity index (χ1) is 5.40. The minimum absolute atomic E-state index is 0.619. The molecule has 0 unspecified atom stereocenters. The number of nitrogens with zero attached hydrogens (tertiary/aromatic N) is 2. The summed E-state index contributed by atoms with van der Waals surface area (Å²) in [5.41, 5.74) is 1.81. The Hall–Kier alpha value is -1.23. The Labute approximate surface area is 69.0 Å². The highest BCUT2D eigenvalue weighted by molar-refractivity contribution is 7.81. The molecule has 0 aromatic carbocycles. The summed E-state index contributed by atoms with van der Waals surface area (Å²) in [5.74, 6) is 0.619. The molecule has 0 aromatic rings. The molecule has 0 spiro atoms. The number of rotatable bonds is 1. The number of fused-ring (bicyclic) bond motifs is 1. The van der Waals surface area contributed by atoms with Crippen LogP contribution in [0.4, 0.5) is 5.95 Å². The van der Waals surface area contributed by atoms with Crippen LogP contribution in [0.1, 0.15) is 0 Å². The molecule has 5 heteroatoms. The molecular formula is C6H6N4S. The van der Waals surface area contributed by atoms with Crippen LogP contribution in [0, 0.1) is 0 Å². The van der Waals surface area contributed by atoms with Gasteiger partial charge in [0.05, 0.1) is 11.9 Å². The van der Waals surface area contributed by atoms with Crippen molar-refractivity contribution in [3.8, 4) is 11.4 Å². The van der Waals surface area contributed by atoms with Crippen LogP contribution in [0.2, 0.25) is 0 Å². The van der Waals surface area contributed by atoms with E-state index in [0.717, 1.165) is 11.4 Å². The quantitative estimate of drug-likeness (QED) is 0.557. The molecule has 56 valence electrons. The van der Waals surface area contributed by atoms with E-state index in [2.05, 4.69) is 32.5 Å². The minimum atomic E-state index is 0.619. The molecule has 0 radical (unpaired) electrons. The summed E-state index contributed by atoms with van der Waals surface area (Å²) < 4.78 is 2.61. The Balaban J connectivity index is 2.59. The SMILES string of the molecule is SNc1ncc2nccc-2[nH]1. The lowest BCUT2D eigenvalue weighted by molar-refractivity contribution is 1.17. The van der Waals surface area contributed by atoms with Gasteiger partial charge in [-0.05, 0) is 6.07 Å². The van der Waals surface area contributed by atoms with Crippen LogP contribution in [0.5, 0.6) is 0 Å². The van der Waals surface area contributed by atoms with Crippen molar-refractivity contribution in [1.29, 1.82) is 0 Å². The van der Waals surface area contributed by atoms with E-state index >= 15 is 0 Å². The molecule has 4 nitrogen and oxygen atoms in total. The molecule has 0 saturated heterocycles. The van der Waals surface area contributed by atoms with Gasteiger partial charge in [-0.15, -0.1) is 0 Å². The lowest BCUT2D eigenvalue weighted by atomic mass is 10.3. The summed E-state index contributed by atoms with van der Waals surface area (Å²) in [5, 5.41) is 0. The van der Waals surface area contributed by atoms with Crippen LogP contribution in [0.3, 0.4) is 0 Å². The number of nitrogens with one attached hydrogen (secondary N) is 2. The molecule has 0 bridgehead atoms. The van der Waals surface area contributed by atoms with Crippen molar-refractivity contribution >= 4 is 18.8 Å². The fourth-order valence-electron chi connectivity index (χ4n) is 0.898. The van der Waals surface area contributed by atoms with Crippen molar-refractivity contribution in [2.45, 2.75) is 0 Å². The van der Waals surface area contributed by atoms with Crippen molar-refractivity contribution in [2.24, 2.45) is 0 Å². The van der Waals surface area contributed by atoms with Crippen LogP contribution in [0.15, 0.2) is 18.5 Å². The monoisotopic (exact) mass is 166 g/mol. The Kier molecular flexibility index (Phi) is 1.43. The van der Waals surface area contributed by atoms with Crippen LogP contribution < -0.4 is 4.72 Å². The van der Waals surface area contributed by atoms with Crippen LogP contribution in [0.25, 0.3) is 11.4 Å². The van der Waals surface area contributed by atoms with E-state index in [1.54, 1.807) is 12.4 Å². The predicted molar refractivity (Wildman–Crippen MR) is 45.6 cm³/mol. The second-order valence-corrected chi connectivity index (χ2v) is 2.31. The zero-order chi connectivity index (χ0) is 7.68. The van der Waals surface area contributed by atoms with Crippen molar-refractivity contribution in [2.75, 3.05) is 4.72 Å². The van der Waals surface area contributed by atoms with Gasteiger partial charge in [-0.2, -0.15) is 0 Å². The van der Waals surface area contributed by atoms with Gasteiger partial charge in [0, 0.05) is 6.20 Å². The third kappa shape index (κ3) is 1.03. The molecule has 2 rings (SSSR count). The largest absolute Gasteiger partial charge is 0.323 e. The third-order valence-electron chi connectivity index (χ3n) is 1.41. The van der Waals surface area contributed by atoms with Gasteiger partial charge in [-0.1, -0.05) is 12.8 Å². The molecule has 2 aliphatic heterocycles. The summed E-state index contributed by atoms with van der Waals surface area (Å²) in [6.07, 6.45) is 3.41. The minimum Gasteiger partial charge on any atom is -0.323 e. The molecule has 0 aromatic heterocycles. The molecule has 2 heterocycles. The van der Waals surface area contributed by atoms with Gasteiger partial charge < -0.3 is 9.71 Å². The average Bonchev–Trinajstić information content (AvgIpc) is 2.50. The van der Waals surface area contributed by atoms with E-state index in [4.69, 9.17) is 0 Å². The molecule has 0 aliphatic carbocycles. The topological polar surface area (TPSA) is 53.6 Å². The highest BCUT2D eigenvalue weighted by Crippen LogP contribution is 2.16. The second-order valence-electron chi connectivity index (χ2n) is 2.09. The number of anilines is 1. The number of hydrogen-bond donors (Lipinski definition) is 3. The molecule has 0 atom stereocenters. The predicted octanol–water partition coefficient (Wildman–Crippen LogP) is 1.17. The van der Waals surface area contributed by atoms with Gasteiger partial charge in [0.25, 0.3) is 0 Å². The van der Waals surface area contributed by atoms with E-state index in [1.165, 1.54) is 0 Å². The van der Waals surface area contributed by atoms with Crippen LogP contribution in [-0.4, -0.2) is 15.0 Å². The van der Waals surface area contributed by atoms with Gasteiger partial charge in [0.1, 0.15) is 5.69 Å². The van der Waals surface area contributed by atoms with Crippen LogP contribution in [-0.2, 0) is 0 Å². The van der Waals surface area contributed by atoms with Gasteiger partial charge in [0.2, 0.25) is 5.95 Å². The first kappa shape index (κ1) is 6.48. The van der Waals surface area contributed by atoms with Gasteiger partial charge in [0.15, 0.2) is 0 Å². The highest BCUT2D eigenvalue weighted by atomic mass is 32.1. The molecule has 11 heavy (non-hydrogen) atoms. The number of thiol groups is 1. The second kappa shape index (κ2) is 2.43. The molecule has 0 saturated carbocycles. The summed E-state index contributed by atoms with van der Waals surface area (Å²) in [4.78, 5) is 11.0. The zero-order valence-electron chi connectivity index (χ0n) is 5.57. The normalized spacial score (nSPS) is 10.3. The van der Waals surface area contributed by atoms with Crippen molar-refractivity contribution in [3.63, 3.8) is 0 Å². The smallest absolute Gasteiger partial charge is 0.210 e. The van der Waals surface area contributed by atoms with E-state index in [-0.39, 0.29) is 0 Å². The Bertz CT molecular complexity index is 331. The Morgan fingerprint density at radius 2 is 2.36 bits per heavy atom. The number of aromatic amines is 1. The highest BCUT2D eigenvalue weighted by Gasteiger charge is 2.03. The number of H-pyrrole nitrogens is 1. The molecule has 0 fully saturated rings. The fourth-order valence-corrected chi connectivity index (χ4v) is 1.01. The lowest BCUT2D eigenvalue weighted by Crippen LogP contribution is -1.92. The van der Waals surface area contributed by atoms with Crippen molar-refractivity contribution in [1.82, 2.24) is 15.0 Å². The first-order valence-electron chi connectivity index (χ1n) is 3.10. The van der Waals surface area contributed by atoms with Crippen molar-refractivity contribution in [3.05, 3.63) is 18.5 Å². The summed E-state index contributed by atoms with van der Waals surface area (Å²) in [6, 6.07) is 1.88. The van der Waals surface area contributed by atoms with Gasteiger partial charge >= 0.3 is 0 Å². The summed E-state index contributed by atoms with van der Waals surface area (Å²) in [7, 11) is 0. The van der Waals surface area contributed by atoms with E-state index in [0.29, 0.717) is 5.95 Å². The van der Waals surface area contributed by atoms with E-state index in [1.807, 2.05) is 6.07 Å². The fraction of sp³-hybridized carbons (Fsp3) is 0. The first-order valence-corrected chi connectivity index (χ1v) is 3.55. The number of aromatic nitrogens is 3. The molecule has 0 amide bonds. The molecule has 2 N–H and O–H groups in total. The Morgan fingerprint density at radius 1 is 1.45 bits per heavy atom. The maximum Gasteiger partial charge on any atom is 0.210 e. The maximum absolute atomic E-state index is 4.05. The standard InChI is InChI=1S/C6H6N4S/c11-10-6-8-3-5-4(9-6)1-2-7-5/h1-3,11H,(H2,8,9,10). The van der Waals surface area contributed by atoms with Crippen LogP contribution >= 0.6 is 12.8 Å². The average molecular weight is 166 g/mol. The molecular weight excluding hydrogens is 160 g/mol. The summed E-state index contributed by atoms with van der Waals surface area (Å²) in [6.45, 7) is 0.